The molecule has 0 heterocycles. The van der Waals surface area contributed by atoms with Gasteiger partial charge >= 0.3 is 0 Å². The standard InChI is InChI=1S/C15H30.C3H8.C2H6.C2H4/c1-3-5-7-9-11-13-15-14-12-10-8-6-4-2;1-3-2;2*1-2/h13,15H,3-12,14H2,1-2H3;3H2,1-2H3;1-2H3;1-2H2/b15-13-;;;. The van der Waals surface area contributed by atoms with Crippen molar-refractivity contribution in [2.24, 2.45) is 0 Å². The van der Waals surface area contributed by atoms with Crippen LogP contribution < -0.4 is 0 Å². The van der Waals surface area contributed by atoms with Crippen molar-refractivity contribution in [2.75, 3.05) is 0 Å². The van der Waals surface area contributed by atoms with Crippen LogP contribution in [-0.2, 0) is 0 Å². The molecule has 0 saturated heterocycles. The summed E-state index contributed by atoms with van der Waals surface area (Å²) in [6.07, 6.45) is 21.2. The summed E-state index contributed by atoms with van der Waals surface area (Å²) in [5.41, 5.74) is 0. The molecule has 0 amide bonds. The molecule has 0 nitrogen and oxygen atoms in total. The molecular weight excluding hydrogens is 264 g/mol. The zero-order valence-corrected chi connectivity index (χ0v) is 17.1. The van der Waals surface area contributed by atoms with Gasteiger partial charge in [-0.05, 0) is 25.7 Å². The van der Waals surface area contributed by atoms with E-state index in [1.54, 1.807) is 0 Å². The molecule has 0 atom stereocenters. The Morgan fingerprint density at radius 3 is 1.14 bits per heavy atom. The molecule has 0 aromatic carbocycles. The van der Waals surface area contributed by atoms with Crippen LogP contribution in [0.1, 0.15) is 119 Å². The molecule has 0 fully saturated rings. The van der Waals surface area contributed by atoms with E-state index in [1.165, 1.54) is 77.0 Å². The normalized spacial score (nSPS) is 9.00. The molecule has 0 rings (SSSR count). The molecule has 0 heteroatoms. The van der Waals surface area contributed by atoms with Crippen LogP contribution in [0.4, 0.5) is 0 Å². The first kappa shape index (κ1) is 29.5. The van der Waals surface area contributed by atoms with E-state index in [2.05, 4.69) is 53.0 Å². The Hall–Kier alpha value is -0.520. The summed E-state index contributed by atoms with van der Waals surface area (Å²) in [4.78, 5) is 0. The fourth-order valence-corrected chi connectivity index (χ4v) is 1.79. The van der Waals surface area contributed by atoms with Crippen molar-refractivity contribution in [2.45, 2.75) is 119 Å². The van der Waals surface area contributed by atoms with Crippen LogP contribution in [-0.4, -0.2) is 0 Å². The summed E-state index contributed by atoms with van der Waals surface area (Å²) in [6.45, 7) is 18.8. The number of unbranched alkanes of at least 4 members (excludes halogenated alkanes) is 9. The van der Waals surface area contributed by atoms with Crippen LogP contribution in [0.5, 0.6) is 0 Å². The SMILES string of the molecule is C=C.CC.CCC.CCCCCC/C=C\CCCCCCC. The minimum Gasteiger partial charge on any atom is -0.106 e. The highest BCUT2D eigenvalue weighted by atomic mass is 13.9. The highest BCUT2D eigenvalue weighted by Crippen LogP contribution is 2.07. The van der Waals surface area contributed by atoms with Crippen molar-refractivity contribution in [1.82, 2.24) is 0 Å². The van der Waals surface area contributed by atoms with E-state index in [0.717, 1.165) is 0 Å². The molecule has 0 aliphatic carbocycles. The minimum atomic E-state index is 1.25. The molecule has 0 N–H and O–H groups in total. The molecule has 136 valence electrons. The minimum absolute atomic E-state index is 1.25. The molecule has 0 aromatic heterocycles. The summed E-state index contributed by atoms with van der Waals surface area (Å²) in [5.74, 6) is 0. The van der Waals surface area contributed by atoms with Crippen LogP contribution in [0.3, 0.4) is 0 Å². The molecule has 0 aromatic rings. The number of allylic oxidation sites excluding steroid dienone is 2. The van der Waals surface area contributed by atoms with Gasteiger partial charge in [-0.2, -0.15) is 0 Å². The highest BCUT2D eigenvalue weighted by molar-refractivity contribution is 4.81. The third-order valence-electron chi connectivity index (χ3n) is 2.87. The van der Waals surface area contributed by atoms with E-state index in [4.69, 9.17) is 0 Å². The Kier molecular flexibility index (Phi) is 57.3. The Labute approximate surface area is 144 Å². The van der Waals surface area contributed by atoms with Crippen molar-refractivity contribution in [1.29, 1.82) is 0 Å². The van der Waals surface area contributed by atoms with Gasteiger partial charge in [-0.25, -0.2) is 0 Å². The molecule has 0 aliphatic heterocycles. The first-order valence-electron chi connectivity index (χ1n) is 9.98. The van der Waals surface area contributed by atoms with E-state index in [0.29, 0.717) is 0 Å². The fraction of sp³-hybridized carbons (Fsp3) is 0.818. The lowest BCUT2D eigenvalue weighted by Gasteiger charge is -1.96. The van der Waals surface area contributed by atoms with E-state index in [-0.39, 0.29) is 0 Å². The van der Waals surface area contributed by atoms with Crippen molar-refractivity contribution in [3.63, 3.8) is 0 Å². The quantitative estimate of drug-likeness (QED) is 0.263. The van der Waals surface area contributed by atoms with Gasteiger partial charge in [0, 0.05) is 0 Å². The van der Waals surface area contributed by atoms with Gasteiger partial charge in [0.2, 0.25) is 0 Å². The van der Waals surface area contributed by atoms with Crippen LogP contribution in [0.25, 0.3) is 0 Å². The number of hydrogen-bond acceptors (Lipinski definition) is 0. The first-order valence-corrected chi connectivity index (χ1v) is 9.98. The maximum absolute atomic E-state index is 3.00. The van der Waals surface area contributed by atoms with E-state index in [1.807, 2.05) is 13.8 Å². The second-order valence-electron chi connectivity index (χ2n) is 5.23. The summed E-state index contributed by atoms with van der Waals surface area (Å²) < 4.78 is 0. The van der Waals surface area contributed by atoms with Gasteiger partial charge in [0.25, 0.3) is 0 Å². The second-order valence-corrected chi connectivity index (χ2v) is 5.23. The smallest absolute Gasteiger partial charge is 0.0351 e. The summed E-state index contributed by atoms with van der Waals surface area (Å²) >= 11 is 0. The Morgan fingerprint density at radius 1 is 0.545 bits per heavy atom. The Morgan fingerprint density at radius 2 is 0.818 bits per heavy atom. The zero-order chi connectivity index (χ0) is 17.9. The maximum atomic E-state index is 3.00. The van der Waals surface area contributed by atoms with Crippen molar-refractivity contribution in [3.8, 4) is 0 Å². The van der Waals surface area contributed by atoms with Crippen molar-refractivity contribution < 1.29 is 0 Å². The average molecular weight is 313 g/mol. The van der Waals surface area contributed by atoms with Crippen molar-refractivity contribution in [3.05, 3.63) is 25.3 Å². The summed E-state index contributed by atoms with van der Waals surface area (Å²) in [7, 11) is 0. The monoisotopic (exact) mass is 312 g/mol. The number of rotatable bonds is 11. The predicted octanol–water partition coefficient (Wildman–Crippen LogP) is 9.12. The fourth-order valence-electron chi connectivity index (χ4n) is 1.79. The van der Waals surface area contributed by atoms with Crippen LogP contribution in [0, 0.1) is 0 Å². The van der Waals surface area contributed by atoms with Gasteiger partial charge in [-0.15, -0.1) is 13.2 Å². The lowest BCUT2D eigenvalue weighted by atomic mass is 10.1. The van der Waals surface area contributed by atoms with Gasteiger partial charge in [0.15, 0.2) is 0 Å². The summed E-state index contributed by atoms with van der Waals surface area (Å²) in [6, 6.07) is 0. The predicted molar refractivity (Wildman–Crippen MR) is 110 cm³/mol. The van der Waals surface area contributed by atoms with Crippen molar-refractivity contribution >= 4 is 0 Å². The largest absolute Gasteiger partial charge is 0.106 e. The zero-order valence-electron chi connectivity index (χ0n) is 17.1. The van der Waals surface area contributed by atoms with E-state index >= 15 is 0 Å². The average Bonchev–Trinajstić information content (AvgIpc) is 2.57. The van der Waals surface area contributed by atoms with Gasteiger partial charge < -0.3 is 0 Å². The molecular formula is C22H48. The molecule has 0 radical (unpaired) electrons. The third kappa shape index (κ3) is 50.5. The third-order valence-corrected chi connectivity index (χ3v) is 2.87. The number of hydrogen-bond donors (Lipinski definition) is 0. The Bertz CT molecular complexity index is 146. The second kappa shape index (κ2) is 42.8. The summed E-state index contributed by atoms with van der Waals surface area (Å²) in [5, 5.41) is 0. The molecule has 0 unspecified atom stereocenters. The van der Waals surface area contributed by atoms with Gasteiger partial charge in [-0.3, -0.25) is 0 Å². The molecule has 22 heavy (non-hydrogen) atoms. The lowest BCUT2D eigenvalue weighted by molar-refractivity contribution is 0.636. The van der Waals surface area contributed by atoms with E-state index in [9.17, 15) is 0 Å². The molecule has 0 bridgehead atoms. The van der Waals surface area contributed by atoms with Crippen LogP contribution in [0.15, 0.2) is 25.3 Å². The van der Waals surface area contributed by atoms with Gasteiger partial charge in [0.05, 0.1) is 0 Å². The highest BCUT2D eigenvalue weighted by Gasteiger charge is 1.87. The van der Waals surface area contributed by atoms with Crippen LogP contribution >= 0.6 is 0 Å². The van der Waals surface area contributed by atoms with Gasteiger partial charge in [0.1, 0.15) is 0 Å². The lowest BCUT2D eigenvalue weighted by Crippen LogP contribution is -1.76. The first-order chi connectivity index (χ1) is 10.8. The van der Waals surface area contributed by atoms with E-state index < -0.39 is 0 Å². The maximum Gasteiger partial charge on any atom is -0.0351 e. The van der Waals surface area contributed by atoms with Gasteiger partial charge in [-0.1, -0.05) is 105 Å². The van der Waals surface area contributed by atoms with Crippen LogP contribution in [0.2, 0.25) is 0 Å². The topological polar surface area (TPSA) is 0 Å². The molecule has 0 aliphatic rings. The molecule has 0 saturated carbocycles. The Balaban J connectivity index is -0.000000198. The molecule has 0 spiro atoms.